The molecule has 16 heavy (non-hydrogen) atoms. The van der Waals surface area contributed by atoms with E-state index in [9.17, 15) is 4.79 Å². The minimum Gasteiger partial charge on any atom is -0.456 e. The summed E-state index contributed by atoms with van der Waals surface area (Å²) in [6, 6.07) is 8.81. The van der Waals surface area contributed by atoms with E-state index in [4.69, 9.17) is 4.42 Å². The zero-order valence-corrected chi connectivity index (χ0v) is 9.44. The molecule has 0 fully saturated rings. The summed E-state index contributed by atoms with van der Waals surface area (Å²) >= 11 is 0. The Balaban J connectivity index is 2.54. The smallest absolute Gasteiger partial charge is 0.193 e. The molecule has 0 atom stereocenters. The molecule has 0 bridgehead atoms. The average Bonchev–Trinajstić information content (AvgIpc) is 2.26. The van der Waals surface area contributed by atoms with E-state index < -0.39 is 0 Å². The number of para-hydroxylation sites is 1. The van der Waals surface area contributed by atoms with Crippen LogP contribution in [0, 0.1) is 5.92 Å². The van der Waals surface area contributed by atoms with Gasteiger partial charge in [-0.1, -0.05) is 32.1 Å². The molecule has 82 valence electrons. The summed E-state index contributed by atoms with van der Waals surface area (Å²) < 4.78 is 5.61. The van der Waals surface area contributed by atoms with Crippen molar-refractivity contribution in [1.29, 1.82) is 0 Å². The summed E-state index contributed by atoms with van der Waals surface area (Å²) in [5.41, 5.74) is 0.642. The van der Waals surface area contributed by atoms with Crippen LogP contribution in [0.25, 0.3) is 17.0 Å². The van der Waals surface area contributed by atoms with E-state index in [1.807, 2.05) is 30.4 Å². The summed E-state index contributed by atoms with van der Waals surface area (Å²) in [5, 5.41) is 0.629. The Morgan fingerprint density at radius 2 is 2.00 bits per heavy atom. The predicted octanol–water partition coefficient (Wildman–Crippen LogP) is 3.46. The van der Waals surface area contributed by atoms with Crippen LogP contribution in [0.15, 0.2) is 45.6 Å². The Bertz CT molecular complexity index is 577. The third-order valence-corrected chi connectivity index (χ3v) is 2.30. The highest BCUT2D eigenvalue weighted by Gasteiger charge is 2.01. The Kier molecular flexibility index (Phi) is 2.91. The van der Waals surface area contributed by atoms with Gasteiger partial charge in [0, 0.05) is 6.07 Å². The molecule has 0 amide bonds. The third-order valence-electron chi connectivity index (χ3n) is 2.30. The SMILES string of the molecule is CC(C)/C=C/c1cc(=O)c2ccccc2o1. The molecule has 1 aromatic heterocycles. The van der Waals surface area contributed by atoms with Gasteiger partial charge in [0.25, 0.3) is 0 Å². The lowest BCUT2D eigenvalue weighted by Gasteiger charge is -1.99. The van der Waals surface area contributed by atoms with Crippen LogP contribution in [-0.2, 0) is 0 Å². The first-order valence-electron chi connectivity index (χ1n) is 5.38. The molecule has 0 aliphatic carbocycles. The van der Waals surface area contributed by atoms with Crippen LogP contribution in [0.5, 0.6) is 0 Å². The first kappa shape index (κ1) is 10.7. The fraction of sp³-hybridized carbons (Fsp3) is 0.214. The molecule has 2 aromatic rings. The number of hydrogen-bond donors (Lipinski definition) is 0. The van der Waals surface area contributed by atoms with Crippen LogP contribution in [-0.4, -0.2) is 0 Å². The highest BCUT2D eigenvalue weighted by atomic mass is 16.3. The van der Waals surface area contributed by atoms with Crippen molar-refractivity contribution in [2.75, 3.05) is 0 Å². The maximum Gasteiger partial charge on any atom is 0.193 e. The predicted molar refractivity (Wildman–Crippen MR) is 66.4 cm³/mol. The van der Waals surface area contributed by atoms with Crippen molar-refractivity contribution in [3.05, 3.63) is 52.4 Å². The Morgan fingerprint density at radius 3 is 2.75 bits per heavy atom. The van der Waals surface area contributed by atoms with Crippen molar-refractivity contribution in [3.8, 4) is 0 Å². The number of fused-ring (bicyclic) bond motifs is 1. The molecular formula is C14H14O2. The van der Waals surface area contributed by atoms with Crippen LogP contribution in [0.1, 0.15) is 19.6 Å². The lowest BCUT2D eigenvalue weighted by molar-refractivity contribution is 0.590. The molecule has 0 saturated heterocycles. The molecule has 0 N–H and O–H groups in total. The van der Waals surface area contributed by atoms with Crippen molar-refractivity contribution >= 4 is 17.0 Å². The summed E-state index contributed by atoms with van der Waals surface area (Å²) in [5.74, 6) is 1.05. The molecular weight excluding hydrogens is 200 g/mol. The largest absolute Gasteiger partial charge is 0.456 e. The molecule has 2 heteroatoms. The molecule has 1 aromatic carbocycles. The Morgan fingerprint density at radius 1 is 1.25 bits per heavy atom. The molecule has 0 unspecified atom stereocenters. The summed E-state index contributed by atoms with van der Waals surface area (Å²) in [7, 11) is 0. The average molecular weight is 214 g/mol. The molecule has 0 aliphatic rings. The van der Waals surface area contributed by atoms with Crippen LogP contribution < -0.4 is 5.43 Å². The second-order valence-corrected chi connectivity index (χ2v) is 4.11. The van der Waals surface area contributed by atoms with E-state index in [0.29, 0.717) is 22.6 Å². The number of hydrogen-bond acceptors (Lipinski definition) is 2. The molecule has 0 aliphatic heterocycles. The van der Waals surface area contributed by atoms with Crippen LogP contribution in [0.3, 0.4) is 0 Å². The van der Waals surface area contributed by atoms with Gasteiger partial charge in [-0.3, -0.25) is 4.79 Å². The van der Waals surface area contributed by atoms with Gasteiger partial charge in [0.2, 0.25) is 0 Å². The van der Waals surface area contributed by atoms with E-state index in [1.54, 1.807) is 6.07 Å². The molecule has 2 rings (SSSR count). The fourth-order valence-electron chi connectivity index (χ4n) is 1.49. The lowest BCUT2D eigenvalue weighted by atomic mass is 10.2. The Labute approximate surface area is 94.2 Å². The van der Waals surface area contributed by atoms with Crippen LogP contribution in [0.4, 0.5) is 0 Å². The summed E-state index contributed by atoms with van der Waals surface area (Å²) in [6.07, 6.45) is 3.85. The van der Waals surface area contributed by atoms with Crippen molar-refractivity contribution in [2.24, 2.45) is 5.92 Å². The van der Waals surface area contributed by atoms with Gasteiger partial charge in [-0.2, -0.15) is 0 Å². The van der Waals surface area contributed by atoms with Crippen molar-refractivity contribution < 1.29 is 4.42 Å². The molecule has 0 spiro atoms. The Hall–Kier alpha value is -1.83. The first-order chi connectivity index (χ1) is 7.66. The minimum absolute atomic E-state index is 0.00487. The maximum absolute atomic E-state index is 11.8. The first-order valence-corrected chi connectivity index (χ1v) is 5.38. The number of allylic oxidation sites excluding steroid dienone is 1. The van der Waals surface area contributed by atoms with Gasteiger partial charge in [0.15, 0.2) is 5.43 Å². The van der Waals surface area contributed by atoms with Gasteiger partial charge < -0.3 is 4.42 Å². The highest BCUT2D eigenvalue weighted by Crippen LogP contribution is 2.13. The zero-order chi connectivity index (χ0) is 11.5. The third kappa shape index (κ3) is 2.22. The normalized spacial score (nSPS) is 11.7. The topological polar surface area (TPSA) is 30.2 Å². The maximum atomic E-state index is 11.8. The van der Waals surface area contributed by atoms with Crippen molar-refractivity contribution in [1.82, 2.24) is 0 Å². The molecule has 1 heterocycles. The second-order valence-electron chi connectivity index (χ2n) is 4.11. The van der Waals surface area contributed by atoms with Crippen LogP contribution in [0.2, 0.25) is 0 Å². The van der Waals surface area contributed by atoms with Gasteiger partial charge in [-0.25, -0.2) is 0 Å². The fourth-order valence-corrected chi connectivity index (χ4v) is 1.49. The monoisotopic (exact) mass is 214 g/mol. The quantitative estimate of drug-likeness (QED) is 0.766. The van der Waals surface area contributed by atoms with Crippen molar-refractivity contribution in [2.45, 2.75) is 13.8 Å². The van der Waals surface area contributed by atoms with E-state index in [0.717, 1.165) is 0 Å². The van der Waals surface area contributed by atoms with E-state index in [1.165, 1.54) is 6.07 Å². The molecule has 0 radical (unpaired) electrons. The molecule has 0 saturated carbocycles. The molecule has 2 nitrogen and oxygen atoms in total. The lowest BCUT2D eigenvalue weighted by Crippen LogP contribution is -1.99. The minimum atomic E-state index is 0.00487. The number of rotatable bonds is 2. The van der Waals surface area contributed by atoms with Gasteiger partial charge in [-0.05, 0) is 24.1 Å². The van der Waals surface area contributed by atoms with E-state index in [2.05, 4.69) is 13.8 Å². The standard InChI is InChI=1S/C14H14O2/c1-10(2)7-8-11-9-13(15)12-5-3-4-6-14(12)16-11/h3-10H,1-2H3/b8-7+. The van der Waals surface area contributed by atoms with E-state index >= 15 is 0 Å². The summed E-state index contributed by atoms with van der Waals surface area (Å²) in [6.45, 7) is 4.16. The van der Waals surface area contributed by atoms with Crippen LogP contribution >= 0.6 is 0 Å². The van der Waals surface area contributed by atoms with Crippen molar-refractivity contribution in [3.63, 3.8) is 0 Å². The number of benzene rings is 1. The summed E-state index contributed by atoms with van der Waals surface area (Å²) in [4.78, 5) is 11.8. The van der Waals surface area contributed by atoms with Gasteiger partial charge in [-0.15, -0.1) is 0 Å². The zero-order valence-electron chi connectivity index (χ0n) is 9.44. The van der Waals surface area contributed by atoms with Gasteiger partial charge in [0.05, 0.1) is 5.39 Å². The van der Waals surface area contributed by atoms with Gasteiger partial charge >= 0.3 is 0 Å². The highest BCUT2D eigenvalue weighted by molar-refractivity contribution is 5.76. The van der Waals surface area contributed by atoms with Gasteiger partial charge in [0.1, 0.15) is 11.3 Å². The second kappa shape index (κ2) is 4.35. The van der Waals surface area contributed by atoms with E-state index in [-0.39, 0.29) is 5.43 Å².